The van der Waals surface area contributed by atoms with Gasteiger partial charge in [0.05, 0.1) is 16.4 Å². The number of rotatable bonds is 4. The number of aromatic nitrogens is 1. The number of anilines is 2. The van der Waals surface area contributed by atoms with Crippen molar-refractivity contribution in [1.29, 1.82) is 0 Å². The Hall–Kier alpha value is -2.31. The first-order valence-corrected chi connectivity index (χ1v) is 6.87. The van der Waals surface area contributed by atoms with Crippen LogP contribution in [0.15, 0.2) is 42.7 Å². The molecule has 0 atom stereocenters. The summed E-state index contributed by atoms with van der Waals surface area (Å²) in [6.45, 7) is 1.44. The van der Waals surface area contributed by atoms with Crippen LogP contribution in [0.2, 0.25) is 5.02 Å². The molecule has 1 aromatic heterocycles. The highest BCUT2D eigenvalue weighted by Crippen LogP contribution is 2.33. The molecule has 3 N–H and O–H groups in total. The van der Waals surface area contributed by atoms with Gasteiger partial charge in [-0.2, -0.15) is 4.57 Å². The predicted octanol–water partition coefficient (Wildman–Crippen LogP) is -1.07. The third-order valence-corrected chi connectivity index (χ3v) is 3.09. The van der Waals surface area contributed by atoms with Crippen LogP contribution in [-0.2, 0) is 16.1 Å². The first-order valence-electron chi connectivity index (χ1n) is 6.50. The molecule has 0 aliphatic carbocycles. The molecule has 6 nitrogen and oxygen atoms in total. The van der Waals surface area contributed by atoms with Crippen LogP contribution < -0.4 is 27.6 Å². The number of benzene rings is 1. The Labute approximate surface area is 144 Å². The summed E-state index contributed by atoms with van der Waals surface area (Å²) in [6, 6.07) is 8.15. The standard InChI is InChI=1S/C15H14ClN3O3.ClH/c1-10(20)17-13-7-11(16)12(8-14(13)21)18-15(22)9-19-5-3-2-4-6-19;/h2-8H,9H2,1H3,(H2-,17,18,20,21,22);1H. The first-order chi connectivity index (χ1) is 10.5. The fourth-order valence-electron chi connectivity index (χ4n) is 1.84. The number of carbonyl (C=O) groups excluding carboxylic acids is 2. The SMILES string of the molecule is CC(=O)Nc1cc(Cl)c(NC(=O)C[n+]2ccccc2)cc1O.[Cl-]. The van der Waals surface area contributed by atoms with Gasteiger partial charge in [0.25, 0.3) is 5.91 Å². The van der Waals surface area contributed by atoms with Crippen LogP contribution in [0.5, 0.6) is 5.75 Å². The molecule has 0 aliphatic heterocycles. The van der Waals surface area contributed by atoms with Gasteiger partial charge in [-0.15, -0.1) is 0 Å². The van der Waals surface area contributed by atoms with E-state index in [2.05, 4.69) is 10.6 Å². The Bertz CT molecular complexity index is 709. The third-order valence-electron chi connectivity index (χ3n) is 2.77. The van der Waals surface area contributed by atoms with E-state index in [-0.39, 0.29) is 52.9 Å². The average Bonchev–Trinajstić information content (AvgIpc) is 2.44. The maximum atomic E-state index is 12.0. The van der Waals surface area contributed by atoms with E-state index >= 15 is 0 Å². The average molecular weight is 356 g/mol. The molecule has 2 amide bonds. The van der Waals surface area contributed by atoms with E-state index in [4.69, 9.17) is 11.6 Å². The molecule has 2 aromatic rings. The number of hydrogen-bond acceptors (Lipinski definition) is 3. The minimum absolute atomic E-state index is 0. The number of phenolic OH excluding ortho intramolecular Hbond substituents is 1. The number of pyridine rings is 1. The van der Waals surface area contributed by atoms with Gasteiger partial charge in [-0.3, -0.25) is 9.59 Å². The van der Waals surface area contributed by atoms with Gasteiger partial charge in [-0.25, -0.2) is 0 Å². The van der Waals surface area contributed by atoms with Gasteiger partial charge in [-0.05, 0) is 6.07 Å². The zero-order valence-corrected chi connectivity index (χ0v) is 13.7. The maximum Gasteiger partial charge on any atom is 0.290 e. The highest BCUT2D eigenvalue weighted by atomic mass is 35.5. The van der Waals surface area contributed by atoms with Crippen LogP contribution in [0.3, 0.4) is 0 Å². The van der Waals surface area contributed by atoms with Crippen LogP contribution in [-0.4, -0.2) is 16.9 Å². The molecule has 0 fully saturated rings. The maximum absolute atomic E-state index is 12.0. The third kappa shape index (κ3) is 5.43. The molecule has 1 aromatic carbocycles. The van der Waals surface area contributed by atoms with Crippen LogP contribution in [0, 0.1) is 0 Å². The molecule has 0 saturated carbocycles. The molecule has 2 rings (SSSR count). The van der Waals surface area contributed by atoms with Gasteiger partial charge in [0.2, 0.25) is 12.5 Å². The molecule has 0 bridgehead atoms. The second kappa shape index (κ2) is 8.36. The second-order valence-corrected chi connectivity index (χ2v) is 5.03. The van der Waals surface area contributed by atoms with Gasteiger partial charge in [0.15, 0.2) is 12.4 Å². The summed E-state index contributed by atoms with van der Waals surface area (Å²) in [6.07, 6.45) is 3.52. The summed E-state index contributed by atoms with van der Waals surface area (Å²) >= 11 is 6.05. The highest BCUT2D eigenvalue weighted by Gasteiger charge is 2.14. The molecule has 0 saturated heterocycles. The summed E-state index contributed by atoms with van der Waals surface area (Å²) in [5, 5.41) is 15.1. The predicted molar refractivity (Wildman–Crippen MR) is 82.7 cm³/mol. The van der Waals surface area contributed by atoms with E-state index in [1.54, 1.807) is 17.0 Å². The number of phenols is 1. The lowest BCUT2D eigenvalue weighted by molar-refractivity contribution is -0.684. The summed E-state index contributed by atoms with van der Waals surface area (Å²) in [5.41, 5.74) is 0.461. The number of nitrogens with zero attached hydrogens (tertiary/aromatic N) is 1. The molecule has 23 heavy (non-hydrogen) atoms. The first kappa shape index (κ1) is 18.7. The molecule has 0 unspecified atom stereocenters. The summed E-state index contributed by atoms with van der Waals surface area (Å²) < 4.78 is 1.70. The number of hydrogen-bond donors (Lipinski definition) is 3. The number of carbonyl (C=O) groups is 2. The fourth-order valence-corrected chi connectivity index (χ4v) is 2.05. The molecule has 1 heterocycles. The molecule has 0 aliphatic rings. The fraction of sp³-hybridized carbons (Fsp3) is 0.133. The minimum atomic E-state index is -0.330. The van der Waals surface area contributed by atoms with Crippen molar-refractivity contribution in [1.82, 2.24) is 0 Å². The Morgan fingerprint density at radius 2 is 1.78 bits per heavy atom. The summed E-state index contributed by atoms with van der Waals surface area (Å²) in [5.74, 6) is -0.796. The van der Waals surface area contributed by atoms with Gasteiger partial charge >= 0.3 is 0 Å². The largest absolute Gasteiger partial charge is 1.00 e. The van der Waals surface area contributed by atoms with Crippen molar-refractivity contribution in [3.05, 3.63) is 47.7 Å². The van der Waals surface area contributed by atoms with Crippen molar-refractivity contribution in [2.45, 2.75) is 13.5 Å². The lowest BCUT2D eigenvalue weighted by atomic mass is 10.2. The van der Waals surface area contributed by atoms with Crippen molar-refractivity contribution < 1.29 is 31.7 Å². The van der Waals surface area contributed by atoms with E-state index in [0.717, 1.165) is 0 Å². The Balaban J connectivity index is 0.00000264. The normalized spacial score (nSPS) is 9.65. The summed E-state index contributed by atoms with van der Waals surface area (Å²) in [7, 11) is 0. The molecule has 0 spiro atoms. The van der Waals surface area contributed by atoms with Gasteiger partial charge in [0, 0.05) is 25.1 Å². The molecule has 8 heteroatoms. The second-order valence-electron chi connectivity index (χ2n) is 4.63. The number of halogens is 2. The van der Waals surface area contributed by atoms with Crippen molar-refractivity contribution >= 4 is 34.8 Å². The van der Waals surface area contributed by atoms with Gasteiger partial charge in [0.1, 0.15) is 5.75 Å². The zero-order chi connectivity index (χ0) is 16.1. The van der Waals surface area contributed by atoms with Crippen molar-refractivity contribution in [2.24, 2.45) is 0 Å². The van der Waals surface area contributed by atoms with Crippen molar-refractivity contribution in [2.75, 3.05) is 10.6 Å². The topological polar surface area (TPSA) is 82.3 Å². The van der Waals surface area contributed by atoms with Crippen molar-refractivity contribution in [3.8, 4) is 5.75 Å². The highest BCUT2D eigenvalue weighted by molar-refractivity contribution is 6.34. The van der Waals surface area contributed by atoms with Gasteiger partial charge in [-0.1, -0.05) is 17.7 Å². The number of amides is 2. The summed E-state index contributed by atoms with van der Waals surface area (Å²) in [4.78, 5) is 23.0. The van der Waals surface area contributed by atoms with E-state index in [1.165, 1.54) is 19.1 Å². The molecular weight excluding hydrogens is 341 g/mol. The smallest absolute Gasteiger partial charge is 0.290 e. The quantitative estimate of drug-likeness (QED) is 0.482. The van der Waals surface area contributed by atoms with E-state index < -0.39 is 0 Å². The van der Waals surface area contributed by atoms with Crippen molar-refractivity contribution in [3.63, 3.8) is 0 Å². The molecular formula is C15H15Cl2N3O3. The van der Waals surface area contributed by atoms with E-state index in [9.17, 15) is 14.7 Å². The Morgan fingerprint density at radius 3 is 2.39 bits per heavy atom. The monoisotopic (exact) mass is 355 g/mol. The Kier molecular flexibility index (Phi) is 6.81. The minimum Gasteiger partial charge on any atom is -1.00 e. The Morgan fingerprint density at radius 1 is 1.13 bits per heavy atom. The zero-order valence-electron chi connectivity index (χ0n) is 12.2. The number of aromatic hydroxyl groups is 1. The van der Waals surface area contributed by atoms with E-state index in [1.807, 2.05) is 18.2 Å². The van der Waals surface area contributed by atoms with E-state index in [0.29, 0.717) is 0 Å². The van der Waals surface area contributed by atoms with Gasteiger partial charge < -0.3 is 28.1 Å². The number of nitrogens with one attached hydrogen (secondary N) is 2. The van der Waals surface area contributed by atoms with Crippen LogP contribution >= 0.6 is 11.6 Å². The lowest BCUT2D eigenvalue weighted by Crippen LogP contribution is -3.00. The lowest BCUT2D eigenvalue weighted by Gasteiger charge is -2.10. The molecule has 122 valence electrons. The van der Waals surface area contributed by atoms with Crippen LogP contribution in [0.25, 0.3) is 0 Å². The molecule has 0 radical (unpaired) electrons. The van der Waals surface area contributed by atoms with Crippen LogP contribution in [0.1, 0.15) is 6.92 Å². The van der Waals surface area contributed by atoms with Crippen LogP contribution in [0.4, 0.5) is 11.4 Å².